The van der Waals surface area contributed by atoms with Crippen molar-refractivity contribution in [1.82, 2.24) is 40.3 Å². The molecule has 4 aromatic rings. The molecule has 4 heterocycles. The van der Waals surface area contributed by atoms with Crippen molar-refractivity contribution in [3.05, 3.63) is 59.4 Å². The molecule has 8 nitrogen and oxygen atoms in total. The summed E-state index contributed by atoms with van der Waals surface area (Å²) >= 11 is 0. The van der Waals surface area contributed by atoms with E-state index in [-0.39, 0.29) is 44.1 Å². The monoisotopic (exact) mass is 649 g/mol. The molecule has 0 atom stereocenters. The Morgan fingerprint density at radius 1 is 0.606 bits per heavy atom. The van der Waals surface area contributed by atoms with Gasteiger partial charge in [-0.1, -0.05) is 12.1 Å². The first-order valence-corrected chi connectivity index (χ1v) is 8.71. The molecule has 0 saturated carbocycles. The zero-order valence-corrected chi connectivity index (χ0v) is 18.9. The Morgan fingerprint density at radius 3 is 1.24 bits per heavy atom. The fraction of sp³-hybridized carbons (Fsp3) is 0.222. The van der Waals surface area contributed by atoms with Gasteiger partial charge in [0.25, 0.3) is 0 Å². The summed E-state index contributed by atoms with van der Waals surface area (Å²) in [5, 5.41) is 12.6. The van der Waals surface area contributed by atoms with Crippen molar-refractivity contribution in [3.8, 4) is 23.0 Å². The van der Waals surface area contributed by atoms with Crippen molar-refractivity contribution in [1.29, 1.82) is 0 Å². The normalized spacial score (nSPS) is 11.4. The van der Waals surface area contributed by atoms with E-state index >= 15 is 0 Å². The second-order valence-corrected chi connectivity index (χ2v) is 6.24. The average Bonchev–Trinajstić information content (AvgIpc) is 3.38. The number of nitrogens with zero attached hydrogens (tertiary/aromatic N) is 8. The third-order valence-corrected chi connectivity index (χ3v) is 3.64. The Labute approximate surface area is 196 Å². The predicted molar refractivity (Wildman–Crippen MR) is 96.6 cm³/mol. The molecule has 0 amide bonds. The van der Waals surface area contributed by atoms with Crippen molar-refractivity contribution in [3.63, 3.8) is 0 Å². The number of alkyl halides is 6. The van der Waals surface area contributed by atoms with Crippen molar-refractivity contribution in [2.75, 3.05) is 0 Å². The summed E-state index contributed by atoms with van der Waals surface area (Å²) in [4.78, 5) is 14.6. The molecule has 0 aliphatic carbocycles. The summed E-state index contributed by atoms with van der Waals surface area (Å²) in [6.07, 6.45) is -9.15. The SMILES string of the molecule is Cc1cccc(-c2nc(C(F)(F)F)n[n-]2)n1.Cc1cccc(-c2nc(C(F)(F)F)n[n-]2)n1.[Pt+2]. The molecule has 0 unspecified atom stereocenters. The second kappa shape index (κ2) is 10.2. The van der Waals surface area contributed by atoms with Gasteiger partial charge in [-0.2, -0.15) is 26.3 Å². The van der Waals surface area contributed by atoms with Gasteiger partial charge < -0.3 is 20.2 Å². The zero-order chi connectivity index (χ0) is 23.5. The zero-order valence-electron chi connectivity index (χ0n) is 16.6. The van der Waals surface area contributed by atoms with Gasteiger partial charge in [0.1, 0.15) is 11.6 Å². The van der Waals surface area contributed by atoms with Crippen LogP contribution in [0, 0.1) is 13.8 Å². The topological polar surface area (TPSA) is 106 Å². The number of hydrogen-bond donors (Lipinski definition) is 0. The molecule has 15 heteroatoms. The third kappa shape index (κ3) is 6.91. The molecule has 4 aromatic heterocycles. The van der Waals surface area contributed by atoms with Crippen molar-refractivity contribution in [2.45, 2.75) is 26.2 Å². The fourth-order valence-electron chi connectivity index (χ4n) is 2.27. The molecule has 176 valence electrons. The largest absolute Gasteiger partial charge is 2.00 e. The summed E-state index contributed by atoms with van der Waals surface area (Å²) in [6.45, 7) is 3.45. The van der Waals surface area contributed by atoms with Crippen LogP contribution in [0.2, 0.25) is 0 Å². The van der Waals surface area contributed by atoms with Crippen LogP contribution in [-0.4, -0.2) is 30.1 Å². The maximum atomic E-state index is 12.2. The van der Waals surface area contributed by atoms with E-state index in [0.717, 1.165) is 0 Å². The van der Waals surface area contributed by atoms with Crippen LogP contribution >= 0.6 is 0 Å². The Kier molecular flexibility index (Phi) is 8.06. The first kappa shape index (κ1) is 26.1. The van der Waals surface area contributed by atoms with Crippen molar-refractivity contribution < 1.29 is 47.4 Å². The quantitative estimate of drug-likeness (QED) is 0.304. The summed E-state index contributed by atoms with van der Waals surface area (Å²) < 4.78 is 73.3. The molecule has 0 aliphatic heterocycles. The second-order valence-electron chi connectivity index (χ2n) is 6.24. The summed E-state index contributed by atoms with van der Waals surface area (Å²) in [6, 6.07) is 9.85. The fourth-order valence-corrected chi connectivity index (χ4v) is 2.27. The Balaban J connectivity index is 0.000000227. The van der Waals surface area contributed by atoms with E-state index in [1.165, 1.54) is 12.1 Å². The van der Waals surface area contributed by atoms with Crippen LogP contribution in [0.1, 0.15) is 23.0 Å². The van der Waals surface area contributed by atoms with E-state index < -0.39 is 24.0 Å². The van der Waals surface area contributed by atoms with Gasteiger partial charge in [0, 0.05) is 11.4 Å². The van der Waals surface area contributed by atoms with Gasteiger partial charge in [-0.15, -0.1) is 0 Å². The summed E-state index contributed by atoms with van der Waals surface area (Å²) in [5.74, 6) is -2.72. The smallest absolute Gasteiger partial charge is 0.413 e. The van der Waals surface area contributed by atoms with Crippen LogP contribution in [0.15, 0.2) is 36.4 Å². The van der Waals surface area contributed by atoms with E-state index in [1.54, 1.807) is 38.1 Å². The first-order valence-electron chi connectivity index (χ1n) is 8.71. The molecule has 0 radical (unpaired) electrons. The number of rotatable bonds is 2. The maximum Gasteiger partial charge on any atom is 2.00 e. The van der Waals surface area contributed by atoms with Gasteiger partial charge in [-0.25, -0.2) is 0 Å². The molecular formula is C18H12F6N8Pt. The van der Waals surface area contributed by atoms with Crippen LogP contribution in [0.4, 0.5) is 26.3 Å². The molecule has 0 N–H and O–H groups in total. The first-order chi connectivity index (χ1) is 14.9. The summed E-state index contributed by atoms with van der Waals surface area (Å²) in [7, 11) is 0. The molecule has 33 heavy (non-hydrogen) atoms. The molecule has 4 rings (SSSR count). The molecule has 0 fully saturated rings. The van der Waals surface area contributed by atoms with E-state index in [0.29, 0.717) is 11.4 Å². The number of hydrogen-bond acceptors (Lipinski definition) is 6. The number of halogens is 6. The van der Waals surface area contributed by atoms with Crippen LogP contribution < -0.4 is 10.2 Å². The van der Waals surface area contributed by atoms with E-state index in [4.69, 9.17) is 0 Å². The minimum atomic E-state index is -4.57. The van der Waals surface area contributed by atoms with Gasteiger partial charge in [0.05, 0.1) is 11.4 Å². The van der Waals surface area contributed by atoms with Crippen molar-refractivity contribution >= 4 is 0 Å². The van der Waals surface area contributed by atoms with Gasteiger partial charge in [0.15, 0.2) is 0 Å². The van der Waals surface area contributed by atoms with Crippen LogP contribution in [0.5, 0.6) is 0 Å². The van der Waals surface area contributed by atoms with E-state index in [1.807, 2.05) is 0 Å². The van der Waals surface area contributed by atoms with Crippen LogP contribution in [0.3, 0.4) is 0 Å². The standard InChI is InChI=1S/2C9H6F3N4.Pt/c2*1-5-3-2-4-6(13-5)7-14-8(16-15-7)9(10,11)12;/h2*2-4H,1H3;/q2*-1;+2. The average molecular weight is 649 g/mol. The molecule has 0 spiro atoms. The van der Waals surface area contributed by atoms with Gasteiger partial charge in [-0.05, 0) is 49.8 Å². The molecule has 0 bridgehead atoms. The predicted octanol–water partition coefficient (Wildman–Crippen LogP) is 3.64. The number of aryl methyl sites for hydroxylation is 2. The van der Waals surface area contributed by atoms with Gasteiger partial charge >= 0.3 is 33.4 Å². The molecule has 0 aromatic carbocycles. The molecular weight excluding hydrogens is 637 g/mol. The molecule has 0 aliphatic rings. The maximum absolute atomic E-state index is 12.2. The van der Waals surface area contributed by atoms with E-state index in [2.05, 4.69) is 40.3 Å². The minimum absolute atomic E-state index is 0. The Bertz CT molecular complexity index is 1110. The third-order valence-electron chi connectivity index (χ3n) is 3.64. The summed E-state index contributed by atoms with van der Waals surface area (Å²) in [5.41, 5.74) is 1.91. The van der Waals surface area contributed by atoms with Crippen LogP contribution in [-0.2, 0) is 33.4 Å². The number of aromatic nitrogens is 8. The van der Waals surface area contributed by atoms with Crippen LogP contribution in [0.25, 0.3) is 23.0 Å². The Morgan fingerprint density at radius 2 is 0.970 bits per heavy atom. The van der Waals surface area contributed by atoms with E-state index in [9.17, 15) is 26.3 Å². The Hall–Kier alpha value is -3.15. The minimum Gasteiger partial charge on any atom is -0.413 e. The number of pyridine rings is 2. The van der Waals surface area contributed by atoms with Gasteiger partial charge in [0.2, 0.25) is 0 Å². The van der Waals surface area contributed by atoms with Gasteiger partial charge in [-0.3, -0.25) is 20.2 Å². The molecule has 0 saturated heterocycles. The van der Waals surface area contributed by atoms with Crippen molar-refractivity contribution in [2.24, 2.45) is 0 Å².